The van der Waals surface area contributed by atoms with Crippen molar-refractivity contribution in [3.05, 3.63) is 10.6 Å². The summed E-state index contributed by atoms with van der Waals surface area (Å²) in [6, 6.07) is 0.348. The molecule has 0 radical (unpaired) electrons. The van der Waals surface area contributed by atoms with Crippen LogP contribution in [0.25, 0.3) is 0 Å². The SMILES string of the molecule is CC1=C([SH](C)C)C(C)N=N1. The largest absolute Gasteiger partial charge is 0.233 e. The highest BCUT2D eigenvalue weighted by Crippen LogP contribution is 2.37. The predicted octanol–water partition coefficient (Wildman–Crippen LogP) is 2.33. The van der Waals surface area contributed by atoms with Crippen LogP contribution in [-0.4, -0.2) is 18.6 Å². The molecule has 0 amide bonds. The lowest BCUT2D eigenvalue weighted by molar-refractivity contribution is 0.883. The highest BCUT2D eigenvalue weighted by molar-refractivity contribution is 8.19. The van der Waals surface area contributed by atoms with Crippen molar-refractivity contribution in [3.8, 4) is 0 Å². The first-order chi connectivity index (χ1) is 4.63. The average molecular weight is 158 g/mol. The lowest BCUT2D eigenvalue weighted by Crippen LogP contribution is -1.98. The van der Waals surface area contributed by atoms with E-state index in [2.05, 4.69) is 29.7 Å². The van der Waals surface area contributed by atoms with Gasteiger partial charge in [0.05, 0.1) is 11.7 Å². The van der Waals surface area contributed by atoms with Gasteiger partial charge in [-0.25, -0.2) is 10.9 Å². The molecule has 0 fully saturated rings. The van der Waals surface area contributed by atoms with Crippen LogP contribution in [-0.2, 0) is 0 Å². The Labute approximate surface area is 64.8 Å². The van der Waals surface area contributed by atoms with Crippen LogP contribution in [0.15, 0.2) is 20.8 Å². The summed E-state index contributed by atoms with van der Waals surface area (Å²) in [5, 5.41) is 8.13. The summed E-state index contributed by atoms with van der Waals surface area (Å²) in [6.45, 7) is 4.16. The summed E-state index contributed by atoms with van der Waals surface area (Å²) in [4.78, 5) is 1.45. The Morgan fingerprint density at radius 1 is 1.40 bits per heavy atom. The van der Waals surface area contributed by atoms with Crippen molar-refractivity contribution in [1.82, 2.24) is 0 Å². The molecule has 0 spiro atoms. The van der Waals surface area contributed by atoms with Gasteiger partial charge in [0.15, 0.2) is 0 Å². The van der Waals surface area contributed by atoms with E-state index >= 15 is 0 Å². The Morgan fingerprint density at radius 2 is 2.00 bits per heavy atom. The van der Waals surface area contributed by atoms with E-state index < -0.39 is 0 Å². The zero-order chi connectivity index (χ0) is 7.72. The molecule has 10 heavy (non-hydrogen) atoms. The highest BCUT2D eigenvalue weighted by Gasteiger charge is 2.17. The maximum atomic E-state index is 4.09. The average Bonchev–Trinajstić information content (AvgIpc) is 2.11. The predicted molar refractivity (Wildman–Crippen MR) is 47.9 cm³/mol. The van der Waals surface area contributed by atoms with Gasteiger partial charge in [-0.3, -0.25) is 0 Å². The molecular weight excluding hydrogens is 144 g/mol. The fourth-order valence-corrected chi connectivity index (χ4v) is 2.77. The molecular formula is C7H14N2S. The second-order valence-corrected chi connectivity index (χ2v) is 5.03. The highest BCUT2D eigenvalue weighted by atomic mass is 32.2. The minimum Gasteiger partial charge on any atom is -0.233 e. The number of nitrogens with zero attached hydrogens (tertiary/aromatic N) is 2. The number of allylic oxidation sites excluding steroid dienone is 1. The molecule has 0 bridgehead atoms. The van der Waals surface area contributed by atoms with Crippen molar-refractivity contribution in [2.45, 2.75) is 19.9 Å². The number of thiol groups is 1. The standard InChI is InChI=1S/C7H14N2S/c1-5-7(10(3)4)6(2)9-8-5/h5,10H,1-4H3. The van der Waals surface area contributed by atoms with Gasteiger partial charge in [-0.2, -0.15) is 10.2 Å². The third-order valence-corrected chi connectivity index (χ3v) is 3.29. The first-order valence-corrected chi connectivity index (χ1v) is 5.65. The first kappa shape index (κ1) is 7.79. The fraction of sp³-hybridized carbons (Fsp3) is 0.714. The van der Waals surface area contributed by atoms with Gasteiger partial charge in [-0.15, -0.1) is 0 Å². The van der Waals surface area contributed by atoms with Crippen LogP contribution < -0.4 is 0 Å². The van der Waals surface area contributed by atoms with Crippen molar-refractivity contribution in [3.63, 3.8) is 0 Å². The minimum atomic E-state index is 0.0118. The van der Waals surface area contributed by atoms with E-state index in [1.165, 1.54) is 4.91 Å². The summed E-state index contributed by atoms with van der Waals surface area (Å²) in [5.41, 5.74) is 1.14. The smallest absolute Gasteiger partial charge is 0.0993 e. The molecule has 0 saturated carbocycles. The molecule has 0 aromatic heterocycles. The summed E-state index contributed by atoms with van der Waals surface area (Å²) in [5.74, 6) is 0. The lowest BCUT2D eigenvalue weighted by atomic mass is 10.3. The van der Waals surface area contributed by atoms with E-state index in [1.807, 2.05) is 6.92 Å². The van der Waals surface area contributed by atoms with Gasteiger partial charge in [0, 0.05) is 4.91 Å². The van der Waals surface area contributed by atoms with Gasteiger partial charge in [0.1, 0.15) is 0 Å². The van der Waals surface area contributed by atoms with Gasteiger partial charge >= 0.3 is 0 Å². The zero-order valence-corrected chi connectivity index (χ0v) is 7.81. The van der Waals surface area contributed by atoms with E-state index in [-0.39, 0.29) is 10.9 Å². The van der Waals surface area contributed by atoms with Gasteiger partial charge < -0.3 is 0 Å². The maximum absolute atomic E-state index is 4.09. The van der Waals surface area contributed by atoms with Crippen molar-refractivity contribution in [2.75, 3.05) is 12.5 Å². The van der Waals surface area contributed by atoms with Crippen LogP contribution in [0, 0.1) is 0 Å². The molecule has 0 N–H and O–H groups in total. The number of hydrogen-bond donors (Lipinski definition) is 1. The van der Waals surface area contributed by atoms with Gasteiger partial charge in [-0.05, 0) is 26.4 Å². The van der Waals surface area contributed by atoms with E-state index in [0.29, 0.717) is 6.04 Å². The number of hydrogen-bond acceptors (Lipinski definition) is 2. The van der Waals surface area contributed by atoms with Crippen molar-refractivity contribution in [2.24, 2.45) is 10.2 Å². The molecule has 3 heteroatoms. The third-order valence-electron chi connectivity index (χ3n) is 1.63. The van der Waals surface area contributed by atoms with Crippen LogP contribution in [0.5, 0.6) is 0 Å². The second-order valence-electron chi connectivity index (χ2n) is 2.76. The topological polar surface area (TPSA) is 24.7 Å². The van der Waals surface area contributed by atoms with E-state index in [0.717, 1.165) is 5.70 Å². The van der Waals surface area contributed by atoms with E-state index in [9.17, 15) is 0 Å². The molecule has 58 valence electrons. The fourth-order valence-electron chi connectivity index (χ4n) is 1.28. The van der Waals surface area contributed by atoms with Crippen molar-refractivity contribution < 1.29 is 0 Å². The Balaban J connectivity index is 2.85. The van der Waals surface area contributed by atoms with Crippen LogP contribution in [0.1, 0.15) is 13.8 Å². The van der Waals surface area contributed by atoms with Crippen LogP contribution in [0.2, 0.25) is 0 Å². The van der Waals surface area contributed by atoms with Crippen molar-refractivity contribution >= 4 is 10.9 Å². The molecule has 0 aromatic carbocycles. The Morgan fingerprint density at radius 3 is 2.20 bits per heavy atom. The van der Waals surface area contributed by atoms with Crippen LogP contribution in [0.4, 0.5) is 0 Å². The Kier molecular flexibility index (Phi) is 2.14. The molecule has 1 rings (SSSR count). The summed E-state index contributed by atoms with van der Waals surface area (Å²) >= 11 is 0. The third kappa shape index (κ3) is 1.24. The quantitative estimate of drug-likeness (QED) is 0.567. The van der Waals surface area contributed by atoms with Gasteiger partial charge in [-0.1, -0.05) is 0 Å². The second kappa shape index (κ2) is 2.74. The maximum Gasteiger partial charge on any atom is 0.0993 e. The van der Waals surface area contributed by atoms with Gasteiger partial charge in [0.25, 0.3) is 0 Å². The van der Waals surface area contributed by atoms with Crippen molar-refractivity contribution in [1.29, 1.82) is 0 Å². The molecule has 1 unspecified atom stereocenters. The summed E-state index contributed by atoms with van der Waals surface area (Å²) < 4.78 is 0. The zero-order valence-electron chi connectivity index (χ0n) is 6.92. The molecule has 0 saturated heterocycles. The Hall–Kier alpha value is -0.310. The molecule has 2 nitrogen and oxygen atoms in total. The van der Waals surface area contributed by atoms with Crippen LogP contribution >= 0.6 is 10.9 Å². The molecule has 0 aliphatic carbocycles. The molecule has 1 heterocycles. The molecule has 1 aliphatic heterocycles. The van der Waals surface area contributed by atoms with Gasteiger partial charge in [0.2, 0.25) is 0 Å². The monoisotopic (exact) mass is 158 g/mol. The molecule has 0 aromatic rings. The van der Waals surface area contributed by atoms with E-state index in [1.54, 1.807) is 0 Å². The lowest BCUT2D eigenvalue weighted by Gasteiger charge is -2.14. The molecule has 1 aliphatic rings. The first-order valence-electron chi connectivity index (χ1n) is 3.42. The van der Waals surface area contributed by atoms with E-state index in [4.69, 9.17) is 0 Å². The Bertz CT molecular complexity index is 194. The summed E-state index contributed by atoms with van der Waals surface area (Å²) in [7, 11) is 0.0118. The minimum absolute atomic E-state index is 0.0118. The number of rotatable bonds is 1. The van der Waals surface area contributed by atoms with Crippen LogP contribution in [0.3, 0.4) is 0 Å². The number of azo groups is 1. The summed E-state index contributed by atoms with van der Waals surface area (Å²) in [6.07, 6.45) is 4.50. The molecule has 1 atom stereocenters. The normalized spacial score (nSPS) is 26.0.